The summed E-state index contributed by atoms with van der Waals surface area (Å²) in [7, 11) is 0. The van der Waals surface area contributed by atoms with Crippen LogP contribution in [0.25, 0.3) is 22.2 Å². The van der Waals surface area contributed by atoms with Crippen molar-refractivity contribution in [3.8, 4) is 17.0 Å². The van der Waals surface area contributed by atoms with Gasteiger partial charge in [0.25, 0.3) is 5.91 Å². The molecule has 28 heavy (non-hydrogen) atoms. The Morgan fingerprint density at radius 2 is 1.75 bits per heavy atom. The van der Waals surface area contributed by atoms with Crippen LogP contribution in [0.15, 0.2) is 59.6 Å². The molecule has 4 N–H and O–H groups in total. The lowest BCUT2D eigenvalue weighted by atomic mass is 9.98. The normalized spacial score (nSPS) is 11.2. The van der Waals surface area contributed by atoms with Crippen LogP contribution in [0.1, 0.15) is 31.1 Å². The largest absolute Gasteiger partial charge is 0.492 e. The van der Waals surface area contributed by atoms with Gasteiger partial charge in [0, 0.05) is 10.9 Å². The summed E-state index contributed by atoms with van der Waals surface area (Å²) in [5, 5.41) is 0.689. The van der Waals surface area contributed by atoms with Crippen molar-refractivity contribution in [3.05, 3.63) is 60.2 Å². The number of fused-ring (bicyclic) bond motifs is 1. The quantitative estimate of drug-likeness (QED) is 0.533. The van der Waals surface area contributed by atoms with Gasteiger partial charge in [0.05, 0.1) is 23.4 Å². The molecule has 2 aromatic carbocycles. The van der Waals surface area contributed by atoms with Crippen LogP contribution in [0, 0.1) is 5.41 Å². The van der Waals surface area contributed by atoms with Gasteiger partial charge >= 0.3 is 0 Å². The fourth-order valence-corrected chi connectivity index (χ4v) is 2.77. The summed E-state index contributed by atoms with van der Waals surface area (Å²) in [5.74, 6) is -0.0743. The molecule has 144 valence electrons. The molecule has 0 aliphatic carbocycles. The number of hydrogen-bond donors (Lipinski definition) is 2. The number of nitrogens with two attached hydrogens (primary N) is 2. The van der Waals surface area contributed by atoms with Gasteiger partial charge in [-0.3, -0.25) is 4.79 Å². The topological polar surface area (TPSA) is 104 Å². The molecule has 6 heteroatoms. The van der Waals surface area contributed by atoms with E-state index < -0.39 is 5.91 Å². The number of rotatable bonds is 4. The first kappa shape index (κ1) is 19.4. The van der Waals surface area contributed by atoms with Crippen molar-refractivity contribution in [2.75, 3.05) is 6.61 Å². The zero-order chi connectivity index (χ0) is 20.3. The van der Waals surface area contributed by atoms with E-state index in [-0.39, 0.29) is 11.4 Å². The first-order valence-corrected chi connectivity index (χ1v) is 9.00. The molecule has 0 unspecified atom stereocenters. The molecule has 1 amide bonds. The lowest BCUT2D eigenvalue weighted by Gasteiger charge is -2.20. The van der Waals surface area contributed by atoms with Gasteiger partial charge < -0.3 is 16.2 Å². The Labute approximate surface area is 164 Å². The molecule has 0 aliphatic heterocycles. The monoisotopic (exact) mass is 376 g/mol. The maximum Gasteiger partial charge on any atom is 0.280 e. The lowest BCUT2D eigenvalue weighted by molar-refractivity contribution is 0.100. The van der Waals surface area contributed by atoms with Crippen molar-refractivity contribution in [3.63, 3.8) is 0 Å². The Hall–Kier alpha value is -3.41. The number of carbonyl (C=O) groups is 1. The lowest BCUT2D eigenvalue weighted by Crippen LogP contribution is -2.24. The van der Waals surface area contributed by atoms with E-state index in [4.69, 9.17) is 21.2 Å². The third kappa shape index (κ3) is 4.46. The molecule has 1 heterocycles. The van der Waals surface area contributed by atoms with Gasteiger partial charge in [0.1, 0.15) is 5.75 Å². The van der Waals surface area contributed by atoms with E-state index >= 15 is 0 Å². The first-order valence-electron chi connectivity index (χ1n) is 9.00. The predicted molar refractivity (Wildman–Crippen MR) is 112 cm³/mol. The summed E-state index contributed by atoms with van der Waals surface area (Å²) in [4.78, 5) is 21.0. The van der Waals surface area contributed by atoms with Crippen molar-refractivity contribution in [1.29, 1.82) is 0 Å². The zero-order valence-corrected chi connectivity index (χ0v) is 16.3. The highest BCUT2D eigenvalue weighted by molar-refractivity contribution is 6.10. The van der Waals surface area contributed by atoms with E-state index in [0.29, 0.717) is 34.5 Å². The van der Waals surface area contributed by atoms with Crippen LogP contribution in [0.5, 0.6) is 5.75 Å². The molecule has 0 saturated heterocycles. The second kappa shape index (κ2) is 7.68. The molecule has 0 bridgehead atoms. The minimum Gasteiger partial charge on any atom is -0.492 e. The van der Waals surface area contributed by atoms with Crippen LogP contribution in [0.2, 0.25) is 0 Å². The van der Waals surface area contributed by atoms with Gasteiger partial charge in [-0.05, 0) is 29.7 Å². The second-order valence-electron chi connectivity index (χ2n) is 7.76. The van der Waals surface area contributed by atoms with Gasteiger partial charge in [0.2, 0.25) is 0 Å². The van der Waals surface area contributed by atoms with Crippen LogP contribution < -0.4 is 16.2 Å². The number of ether oxygens (including phenoxy) is 1. The highest BCUT2D eigenvalue weighted by Gasteiger charge is 2.17. The van der Waals surface area contributed by atoms with E-state index in [1.54, 1.807) is 6.07 Å². The van der Waals surface area contributed by atoms with Crippen LogP contribution >= 0.6 is 0 Å². The van der Waals surface area contributed by atoms with Gasteiger partial charge in [0.15, 0.2) is 5.96 Å². The molecular formula is C22H24N4O2. The number of para-hydroxylation sites is 2. The number of pyridine rings is 1. The zero-order valence-electron chi connectivity index (χ0n) is 16.3. The van der Waals surface area contributed by atoms with E-state index in [1.807, 2.05) is 48.5 Å². The number of aromatic nitrogens is 1. The number of carbonyl (C=O) groups excluding carboxylic acids is 1. The SMILES string of the molecule is CC(C)(C)COc1ccccc1-c1cc(C(=O)N=C(N)N)c2ccccc2n1. The third-order valence-corrected chi connectivity index (χ3v) is 4.00. The minimum absolute atomic E-state index is 0.0123. The average Bonchev–Trinajstić information content (AvgIpc) is 2.64. The van der Waals surface area contributed by atoms with Crippen LogP contribution in [0.4, 0.5) is 0 Å². The smallest absolute Gasteiger partial charge is 0.280 e. The molecule has 3 rings (SSSR count). The summed E-state index contributed by atoms with van der Waals surface area (Å²) in [5.41, 5.74) is 13.3. The Morgan fingerprint density at radius 1 is 1.07 bits per heavy atom. The standard InChI is InChI=1S/C22H24N4O2/c1-22(2,3)13-28-19-11-7-5-9-15(19)18-12-16(20(27)26-21(23)24)14-8-4-6-10-17(14)25-18/h4-12H,13H2,1-3H3,(H4,23,24,26,27). The van der Waals surface area contributed by atoms with Crippen LogP contribution in [0.3, 0.4) is 0 Å². The maximum atomic E-state index is 12.6. The van der Waals surface area contributed by atoms with Crippen molar-refractivity contribution in [1.82, 2.24) is 4.98 Å². The van der Waals surface area contributed by atoms with Crippen molar-refractivity contribution < 1.29 is 9.53 Å². The Balaban J connectivity index is 2.15. The van der Waals surface area contributed by atoms with E-state index in [9.17, 15) is 4.79 Å². The van der Waals surface area contributed by atoms with Gasteiger partial charge in [-0.25, -0.2) is 4.98 Å². The Morgan fingerprint density at radius 3 is 2.46 bits per heavy atom. The fourth-order valence-electron chi connectivity index (χ4n) is 2.77. The molecule has 6 nitrogen and oxygen atoms in total. The number of aliphatic imine (C=N–C) groups is 1. The van der Waals surface area contributed by atoms with E-state index in [0.717, 1.165) is 5.56 Å². The molecule has 0 aliphatic rings. The minimum atomic E-state index is -0.507. The van der Waals surface area contributed by atoms with Gasteiger partial charge in [-0.1, -0.05) is 51.1 Å². The number of amides is 1. The first-order chi connectivity index (χ1) is 13.2. The summed E-state index contributed by atoms with van der Waals surface area (Å²) < 4.78 is 6.04. The number of hydrogen-bond acceptors (Lipinski definition) is 3. The molecule has 3 aromatic rings. The van der Waals surface area contributed by atoms with E-state index in [2.05, 4.69) is 25.8 Å². The summed E-state index contributed by atoms with van der Waals surface area (Å²) in [6, 6.07) is 16.7. The number of benzene rings is 2. The van der Waals surface area contributed by atoms with Gasteiger partial charge in [-0.15, -0.1) is 0 Å². The van der Waals surface area contributed by atoms with Crippen molar-refractivity contribution in [2.24, 2.45) is 21.9 Å². The maximum absolute atomic E-state index is 12.6. The Bertz CT molecular complexity index is 1050. The Kier molecular flexibility index (Phi) is 5.31. The predicted octanol–water partition coefficient (Wildman–Crippen LogP) is 3.74. The highest BCUT2D eigenvalue weighted by atomic mass is 16.5. The number of nitrogens with zero attached hydrogens (tertiary/aromatic N) is 2. The molecule has 0 spiro atoms. The molecule has 0 saturated carbocycles. The van der Waals surface area contributed by atoms with E-state index in [1.165, 1.54) is 0 Å². The molecule has 1 aromatic heterocycles. The van der Waals surface area contributed by atoms with Crippen LogP contribution in [-0.2, 0) is 0 Å². The second-order valence-corrected chi connectivity index (χ2v) is 7.76. The molecule has 0 radical (unpaired) electrons. The summed E-state index contributed by atoms with van der Waals surface area (Å²) in [6.45, 7) is 6.87. The molecule has 0 atom stereocenters. The number of guanidine groups is 1. The summed E-state index contributed by atoms with van der Waals surface area (Å²) in [6.07, 6.45) is 0. The molecular weight excluding hydrogens is 352 g/mol. The van der Waals surface area contributed by atoms with Crippen molar-refractivity contribution >= 4 is 22.8 Å². The van der Waals surface area contributed by atoms with Crippen LogP contribution in [-0.4, -0.2) is 23.5 Å². The summed E-state index contributed by atoms with van der Waals surface area (Å²) >= 11 is 0. The molecule has 0 fully saturated rings. The van der Waals surface area contributed by atoms with Crippen molar-refractivity contribution in [2.45, 2.75) is 20.8 Å². The third-order valence-electron chi connectivity index (χ3n) is 4.00. The average molecular weight is 376 g/mol. The fraction of sp³-hybridized carbons (Fsp3) is 0.227. The highest BCUT2D eigenvalue weighted by Crippen LogP contribution is 2.32. The van der Waals surface area contributed by atoms with Gasteiger partial charge in [-0.2, -0.15) is 4.99 Å².